The summed E-state index contributed by atoms with van der Waals surface area (Å²) in [5, 5.41) is 3.22. The molecule has 1 fully saturated rings. The van der Waals surface area contributed by atoms with Crippen LogP contribution in [0.5, 0.6) is 0 Å². The minimum atomic E-state index is -3.34. The summed E-state index contributed by atoms with van der Waals surface area (Å²) in [6.07, 6.45) is 4.69. The normalized spacial score (nSPS) is 20.6. The average molecular weight is 334 g/mol. The number of hydrogen-bond acceptors (Lipinski definition) is 4. The first-order valence-corrected chi connectivity index (χ1v) is 8.35. The van der Waals surface area contributed by atoms with Crippen LogP contribution in [0.25, 0.3) is 0 Å². The van der Waals surface area contributed by atoms with Gasteiger partial charge in [0.05, 0.1) is 5.75 Å². The third kappa shape index (κ3) is 4.22. The van der Waals surface area contributed by atoms with Crippen LogP contribution >= 0.6 is 15.9 Å². The highest BCUT2D eigenvalue weighted by atomic mass is 79.9. The van der Waals surface area contributed by atoms with Crippen molar-refractivity contribution in [3.05, 3.63) is 22.8 Å². The van der Waals surface area contributed by atoms with Crippen LogP contribution in [0.15, 0.2) is 22.8 Å². The molecule has 0 aromatic carbocycles. The first kappa shape index (κ1) is 13.8. The van der Waals surface area contributed by atoms with Crippen molar-refractivity contribution in [2.75, 3.05) is 17.0 Å². The van der Waals surface area contributed by atoms with Crippen molar-refractivity contribution < 1.29 is 8.42 Å². The van der Waals surface area contributed by atoms with Gasteiger partial charge in [-0.05, 0) is 47.4 Å². The number of aromatic nitrogens is 1. The molecule has 1 atom stereocenters. The minimum Gasteiger partial charge on any atom is -0.313 e. The lowest BCUT2D eigenvalue weighted by Crippen LogP contribution is -2.40. The largest absolute Gasteiger partial charge is 0.313 e. The summed E-state index contributed by atoms with van der Waals surface area (Å²) in [5.41, 5.74) is 0. The van der Waals surface area contributed by atoms with Crippen molar-refractivity contribution in [3.63, 3.8) is 0 Å². The van der Waals surface area contributed by atoms with Gasteiger partial charge in [-0.15, -0.1) is 0 Å². The summed E-state index contributed by atoms with van der Waals surface area (Å²) in [6, 6.07) is 3.44. The van der Waals surface area contributed by atoms with Gasteiger partial charge in [0.2, 0.25) is 10.0 Å². The molecule has 2 heterocycles. The van der Waals surface area contributed by atoms with E-state index in [0.717, 1.165) is 30.3 Å². The Morgan fingerprint density at radius 1 is 1.44 bits per heavy atom. The van der Waals surface area contributed by atoms with Gasteiger partial charge in [0.25, 0.3) is 0 Å². The molecule has 1 unspecified atom stereocenters. The Kier molecular flexibility index (Phi) is 4.58. The van der Waals surface area contributed by atoms with Gasteiger partial charge >= 0.3 is 0 Å². The summed E-state index contributed by atoms with van der Waals surface area (Å²) in [7, 11) is -3.34. The zero-order valence-electron chi connectivity index (χ0n) is 9.89. The van der Waals surface area contributed by atoms with Gasteiger partial charge < -0.3 is 5.32 Å². The molecule has 1 aliphatic heterocycles. The molecule has 2 N–H and O–H groups in total. The Morgan fingerprint density at radius 2 is 2.28 bits per heavy atom. The topological polar surface area (TPSA) is 71.1 Å². The Labute approximate surface area is 116 Å². The minimum absolute atomic E-state index is 0.0479. The predicted molar refractivity (Wildman–Crippen MR) is 75.0 cm³/mol. The molecule has 1 aromatic heterocycles. The third-order valence-corrected chi connectivity index (χ3v) is 4.65. The van der Waals surface area contributed by atoms with E-state index in [4.69, 9.17) is 0 Å². The van der Waals surface area contributed by atoms with E-state index in [2.05, 4.69) is 31.0 Å². The smallest absolute Gasteiger partial charge is 0.235 e. The SMILES string of the molecule is O=S(=O)(CC1CCCCN1)Nc1ccc(Br)cn1. The number of anilines is 1. The van der Waals surface area contributed by atoms with E-state index in [9.17, 15) is 8.42 Å². The zero-order valence-corrected chi connectivity index (χ0v) is 12.3. The number of nitrogens with one attached hydrogen (secondary N) is 2. The van der Waals surface area contributed by atoms with Gasteiger partial charge in [-0.25, -0.2) is 13.4 Å². The molecule has 2 rings (SSSR count). The van der Waals surface area contributed by atoms with Gasteiger partial charge in [0.1, 0.15) is 5.82 Å². The van der Waals surface area contributed by atoms with Crippen LogP contribution in [-0.4, -0.2) is 31.7 Å². The first-order chi connectivity index (χ1) is 8.55. The molecule has 18 heavy (non-hydrogen) atoms. The van der Waals surface area contributed by atoms with Crippen LogP contribution in [0.3, 0.4) is 0 Å². The van der Waals surface area contributed by atoms with Crippen molar-refractivity contribution in [1.29, 1.82) is 0 Å². The lowest BCUT2D eigenvalue weighted by Gasteiger charge is -2.23. The molecule has 0 radical (unpaired) electrons. The van der Waals surface area contributed by atoms with E-state index in [1.54, 1.807) is 18.3 Å². The molecule has 1 saturated heterocycles. The van der Waals surface area contributed by atoms with Gasteiger partial charge in [0.15, 0.2) is 0 Å². The van der Waals surface area contributed by atoms with Crippen molar-refractivity contribution in [3.8, 4) is 0 Å². The second-order valence-corrected chi connectivity index (χ2v) is 7.07. The monoisotopic (exact) mass is 333 g/mol. The van der Waals surface area contributed by atoms with Gasteiger partial charge in [-0.2, -0.15) is 0 Å². The van der Waals surface area contributed by atoms with E-state index in [1.807, 2.05) is 0 Å². The highest BCUT2D eigenvalue weighted by Crippen LogP contribution is 2.14. The molecule has 0 bridgehead atoms. The standard InChI is InChI=1S/C11H16BrN3O2S/c12-9-4-5-11(14-7-9)15-18(16,17)8-10-3-1-2-6-13-10/h4-5,7,10,13H,1-3,6,8H2,(H,14,15). The zero-order chi connectivity index (χ0) is 13.0. The van der Waals surface area contributed by atoms with Crippen LogP contribution in [0.4, 0.5) is 5.82 Å². The summed E-state index contributed by atoms with van der Waals surface area (Å²) < 4.78 is 27.2. The Hall–Kier alpha value is -0.660. The maximum absolute atomic E-state index is 12.0. The fraction of sp³-hybridized carbons (Fsp3) is 0.545. The lowest BCUT2D eigenvalue weighted by atomic mass is 10.1. The maximum Gasteiger partial charge on any atom is 0.235 e. The molecule has 100 valence electrons. The summed E-state index contributed by atoms with van der Waals surface area (Å²) in [5.74, 6) is 0.457. The van der Waals surface area contributed by atoms with E-state index in [0.29, 0.717) is 5.82 Å². The predicted octanol–water partition coefficient (Wildman–Crippen LogP) is 1.73. The van der Waals surface area contributed by atoms with Crippen LogP contribution in [0.1, 0.15) is 19.3 Å². The van der Waals surface area contributed by atoms with Crippen LogP contribution in [0.2, 0.25) is 0 Å². The van der Waals surface area contributed by atoms with Crippen molar-refractivity contribution in [2.45, 2.75) is 25.3 Å². The quantitative estimate of drug-likeness (QED) is 0.880. The van der Waals surface area contributed by atoms with Gasteiger partial charge in [-0.1, -0.05) is 6.42 Å². The number of piperidine rings is 1. The van der Waals surface area contributed by atoms with Crippen molar-refractivity contribution >= 4 is 31.8 Å². The summed E-state index contributed by atoms with van der Waals surface area (Å²) in [4.78, 5) is 4.00. The third-order valence-electron chi connectivity index (χ3n) is 2.82. The van der Waals surface area contributed by atoms with Gasteiger partial charge in [-0.3, -0.25) is 4.72 Å². The Balaban J connectivity index is 1.96. The molecular formula is C11H16BrN3O2S. The first-order valence-electron chi connectivity index (χ1n) is 5.91. The highest BCUT2D eigenvalue weighted by Gasteiger charge is 2.21. The van der Waals surface area contributed by atoms with E-state index < -0.39 is 10.0 Å². The number of hydrogen-bond donors (Lipinski definition) is 2. The van der Waals surface area contributed by atoms with E-state index >= 15 is 0 Å². The Morgan fingerprint density at radius 3 is 2.89 bits per heavy atom. The Bertz CT molecular complexity index is 484. The molecule has 1 aromatic rings. The molecular weight excluding hydrogens is 318 g/mol. The second kappa shape index (κ2) is 5.99. The number of rotatable bonds is 4. The molecule has 1 aliphatic rings. The van der Waals surface area contributed by atoms with Crippen molar-refractivity contribution in [2.24, 2.45) is 0 Å². The number of pyridine rings is 1. The molecule has 0 amide bonds. The van der Waals surface area contributed by atoms with Crippen molar-refractivity contribution in [1.82, 2.24) is 10.3 Å². The summed E-state index contributed by atoms with van der Waals surface area (Å²) >= 11 is 3.25. The molecule has 0 aliphatic carbocycles. The molecule has 7 heteroatoms. The maximum atomic E-state index is 12.0. The highest BCUT2D eigenvalue weighted by molar-refractivity contribution is 9.10. The molecule has 5 nitrogen and oxygen atoms in total. The average Bonchev–Trinajstić information content (AvgIpc) is 2.32. The lowest BCUT2D eigenvalue weighted by molar-refractivity contribution is 0.424. The van der Waals surface area contributed by atoms with Crippen LogP contribution in [-0.2, 0) is 10.0 Å². The fourth-order valence-electron chi connectivity index (χ4n) is 1.97. The second-order valence-electron chi connectivity index (χ2n) is 4.39. The number of nitrogens with zero attached hydrogens (tertiary/aromatic N) is 1. The number of halogens is 1. The summed E-state index contributed by atoms with van der Waals surface area (Å²) in [6.45, 7) is 0.900. The molecule has 0 saturated carbocycles. The molecule has 0 spiro atoms. The fourth-order valence-corrected chi connectivity index (χ4v) is 3.54. The van der Waals surface area contributed by atoms with E-state index in [1.165, 1.54) is 0 Å². The van der Waals surface area contributed by atoms with E-state index in [-0.39, 0.29) is 11.8 Å². The van der Waals surface area contributed by atoms with Gasteiger partial charge in [0, 0.05) is 16.7 Å². The number of sulfonamides is 1. The van der Waals surface area contributed by atoms with Crippen LogP contribution < -0.4 is 10.0 Å². The van der Waals surface area contributed by atoms with Crippen LogP contribution in [0, 0.1) is 0 Å².